The first-order chi connectivity index (χ1) is 13.2. The molecule has 1 aromatic heterocycles. The van der Waals surface area contributed by atoms with E-state index in [1.54, 1.807) is 20.1 Å². The number of halogens is 4. The Kier molecular flexibility index (Phi) is 9.83. The second-order valence-corrected chi connectivity index (χ2v) is 6.30. The van der Waals surface area contributed by atoms with Crippen molar-refractivity contribution in [1.82, 2.24) is 25.4 Å². The van der Waals surface area contributed by atoms with E-state index in [-0.39, 0.29) is 30.5 Å². The van der Waals surface area contributed by atoms with E-state index in [0.29, 0.717) is 30.5 Å². The molecule has 0 saturated heterocycles. The Labute approximate surface area is 185 Å². The first-order valence-corrected chi connectivity index (χ1v) is 8.78. The molecule has 0 saturated carbocycles. The number of aliphatic imine (C=N–C) groups is 1. The van der Waals surface area contributed by atoms with Crippen LogP contribution in [0.25, 0.3) is 0 Å². The van der Waals surface area contributed by atoms with Crippen LogP contribution in [0.1, 0.15) is 35.7 Å². The van der Waals surface area contributed by atoms with Crippen LogP contribution in [0.2, 0.25) is 0 Å². The summed E-state index contributed by atoms with van der Waals surface area (Å²) in [4.78, 5) is 4.47. The molecule has 2 aromatic rings. The first kappa shape index (κ1) is 25.1. The number of aryl methyl sites for hydroxylation is 1. The van der Waals surface area contributed by atoms with E-state index in [1.807, 2.05) is 18.5 Å². The average molecular weight is 526 g/mol. The lowest BCUT2D eigenvalue weighted by Crippen LogP contribution is -2.40. The van der Waals surface area contributed by atoms with Crippen molar-refractivity contribution < 1.29 is 17.9 Å². The van der Waals surface area contributed by atoms with Gasteiger partial charge in [0.2, 0.25) is 0 Å². The van der Waals surface area contributed by atoms with Crippen LogP contribution in [-0.4, -0.2) is 41.0 Å². The fourth-order valence-electron chi connectivity index (χ4n) is 2.44. The van der Waals surface area contributed by atoms with Crippen molar-refractivity contribution >= 4 is 29.9 Å². The van der Waals surface area contributed by atoms with Gasteiger partial charge in [-0.15, -0.1) is 34.2 Å². The smallest absolute Gasteiger partial charge is 0.383 e. The predicted molar refractivity (Wildman–Crippen MR) is 115 cm³/mol. The number of guanidine groups is 1. The lowest BCUT2D eigenvalue weighted by Gasteiger charge is -2.19. The van der Waals surface area contributed by atoms with Crippen LogP contribution in [0, 0.1) is 6.92 Å². The maximum atomic E-state index is 13.0. The third-order valence-corrected chi connectivity index (χ3v) is 4.23. The highest BCUT2D eigenvalue weighted by molar-refractivity contribution is 14.0. The summed E-state index contributed by atoms with van der Waals surface area (Å²) in [5.41, 5.74) is -0.176. The lowest BCUT2D eigenvalue weighted by atomic mass is 10.1. The van der Waals surface area contributed by atoms with Crippen molar-refractivity contribution in [2.45, 2.75) is 32.6 Å². The Bertz CT molecular complexity index is 809. The summed E-state index contributed by atoms with van der Waals surface area (Å²) in [6.45, 7) is 4.84. The van der Waals surface area contributed by atoms with E-state index >= 15 is 0 Å². The summed E-state index contributed by atoms with van der Waals surface area (Å²) >= 11 is 0. The molecule has 0 bridgehead atoms. The SMILES string of the molecule is COCCNC(=NCc1nnc(C)n1C)NC(C)c1cccc(C(F)(F)F)c1.I. The number of benzene rings is 1. The molecule has 1 heterocycles. The van der Waals surface area contributed by atoms with Gasteiger partial charge >= 0.3 is 6.18 Å². The number of rotatable bonds is 7. The van der Waals surface area contributed by atoms with Gasteiger partial charge < -0.3 is 19.9 Å². The molecular formula is C18H26F3IN6O. The minimum atomic E-state index is -4.38. The van der Waals surface area contributed by atoms with Gasteiger partial charge in [-0.05, 0) is 31.5 Å². The molecule has 0 amide bonds. The lowest BCUT2D eigenvalue weighted by molar-refractivity contribution is -0.137. The van der Waals surface area contributed by atoms with Crippen LogP contribution in [0.4, 0.5) is 13.2 Å². The van der Waals surface area contributed by atoms with Gasteiger partial charge in [0, 0.05) is 20.7 Å². The Morgan fingerprint density at radius 3 is 2.62 bits per heavy atom. The number of alkyl halides is 3. The molecule has 2 rings (SSSR count). The molecule has 1 unspecified atom stereocenters. The van der Waals surface area contributed by atoms with Crippen molar-refractivity contribution in [3.63, 3.8) is 0 Å². The molecule has 162 valence electrons. The third-order valence-electron chi connectivity index (χ3n) is 4.23. The Balaban J connectivity index is 0.00000420. The van der Waals surface area contributed by atoms with Gasteiger partial charge in [0.25, 0.3) is 0 Å². The minimum absolute atomic E-state index is 0. The number of ether oxygens (including phenoxy) is 1. The second-order valence-electron chi connectivity index (χ2n) is 6.30. The summed E-state index contributed by atoms with van der Waals surface area (Å²) in [6.07, 6.45) is -4.38. The third kappa shape index (κ3) is 7.46. The zero-order chi connectivity index (χ0) is 20.7. The number of methoxy groups -OCH3 is 1. The van der Waals surface area contributed by atoms with Gasteiger partial charge in [0.15, 0.2) is 11.8 Å². The van der Waals surface area contributed by atoms with Crippen molar-refractivity contribution in [2.75, 3.05) is 20.3 Å². The van der Waals surface area contributed by atoms with Gasteiger partial charge in [-0.1, -0.05) is 12.1 Å². The Morgan fingerprint density at radius 1 is 1.31 bits per heavy atom. The summed E-state index contributed by atoms with van der Waals surface area (Å²) in [5, 5.41) is 14.3. The molecule has 0 fully saturated rings. The van der Waals surface area contributed by atoms with E-state index < -0.39 is 17.8 Å². The highest BCUT2D eigenvalue weighted by Gasteiger charge is 2.30. The van der Waals surface area contributed by atoms with E-state index in [2.05, 4.69) is 25.8 Å². The summed E-state index contributed by atoms with van der Waals surface area (Å²) < 4.78 is 45.7. The van der Waals surface area contributed by atoms with Gasteiger partial charge in [-0.3, -0.25) is 0 Å². The van der Waals surface area contributed by atoms with Gasteiger partial charge in [0.05, 0.1) is 18.2 Å². The molecule has 1 atom stereocenters. The van der Waals surface area contributed by atoms with Crippen LogP contribution in [-0.2, 0) is 24.5 Å². The summed E-state index contributed by atoms with van der Waals surface area (Å²) in [7, 11) is 3.43. The molecule has 1 aromatic carbocycles. The number of aromatic nitrogens is 3. The van der Waals surface area contributed by atoms with Gasteiger partial charge in [0.1, 0.15) is 12.4 Å². The Morgan fingerprint density at radius 2 is 2.03 bits per heavy atom. The van der Waals surface area contributed by atoms with Crippen LogP contribution >= 0.6 is 24.0 Å². The number of nitrogens with one attached hydrogen (secondary N) is 2. The molecule has 29 heavy (non-hydrogen) atoms. The minimum Gasteiger partial charge on any atom is -0.383 e. The fourth-order valence-corrected chi connectivity index (χ4v) is 2.44. The van der Waals surface area contributed by atoms with E-state index in [9.17, 15) is 13.2 Å². The van der Waals surface area contributed by atoms with Crippen LogP contribution in [0.3, 0.4) is 0 Å². The van der Waals surface area contributed by atoms with Crippen LogP contribution in [0.5, 0.6) is 0 Å². The molecule has 0 aliphatic heterocycles. The zero-order valence-corrected chi connectivity index (χ0v) is 19.1. The average Bonchev–Trinajstić information content (AvgIpc) is 2.97. The van der Waals surface area contributed by atoms with Gasteiger partial charge in [-0.2, -0.15) is 13.2 Å². The van der Waals surface area contributed by atoms with Crippen LogP contribution in [0.15, 0.2) is 29.3 Å². The molecule has 0 aliphatic carbocycles. The normalized spacial score (nSPS) is 13.0. The monoisotopic (exact) mass is 526 g/mol. The Hall–Kier alpha value is -1.89. The maximum absolute atomic E-state index is 13.0. The first-order valence-electron chi connectivity index (χ1n) is 8.78. The van der Waals surface area contributed by atoms with Crippen molar-refractivity contribution in [1.29, 1.82) is 0 Å². The molecule has 0 radical (unpaired) electrons. The number of hydrogen-bond acceptors (Lipinski definition) is 4. The largest absolute Gasteiger partial charge is 0.416 e. The zero-order valence-electron chi connectivity index (χ0n) is 16.7. The maximum Gasteiger partial charge on any atom is 0.416 e. The standard InChI is InChI=1S/C18H25F3N6O.HI/c1-12(14-6-5-7-15(10-14)18(19,20)21)24-17(22-8-9-28-4)23-11-16-26-25-13(2)27(16)3;/h5-7,10,12H,8-9,11H2,1-4H3,(H2,22,23,24);1H. The number of hydrogen-bond donors (Lipinski definition) is 2. The molecule has 7 nitrogen and oxygen atoms in total. The second kappa shape index (κ2) is 11.3. The summed E-state index contributed by atoms with van der Waals surface area (Å²) in [5.74, 6) is 1.89. The van der Waals surface area contributed by atoms with Crippen molar-refractivity contribution in [2.24, 2.45) is 12.0 Å². The number of nitrogens with zero attached hydrogens (tertiary/aromatic N) is 4. The van der Waals surface area contributed by atoms with Crippen LogP contribution < -0.4 is 10.6 Å². The van der Waals surface area contributed by atoms with Gasteiger partial charge in [-0.25, -0.2) is 4.99 Å². The quantitative estimate of drug-likeness (QED) is 0.251. The van der Waals surface area contributed by atoms with Crippen molar-refractivity contribution in [3.05, 3.63) is 47.0 Å². The van der Waals surface area contributed by atoms with E-state index in [1.165, 1.54) is 6.07 Å². The molecule has 0 aliphatic rings. The summed E-state index contributed by atoms with van der Waals surface area (Å²) in [6, 6.07) is 4.84. The highest BCUT2D eigenvalue weighted by atomic mass is 127. The molecular weight excluding hydrogens is 500 g/mol. The van der Waals surface area contributed by atoms with E-state index in [0.717, 1.165) is 18.0 Å². The molecule has 2 N–H and O–H groups in total. The predicted octanol–water partition coefficient (Wildman–Crippen LogP) is 3.20. The van der Waals surface area contributed by atoms with Crippen molar-refractivity contribution in [3.8, 4) is 0 Å². The fraction of sp³-hybridized carbons (Fsp3) is 0.500. The topological polar surface area (TPSA) is 76.4 Å². The highest BCUT2D eigenvalue weighted by Crippen LogP contribution is 2.30. The van der Waals surface area contributed by atoms with E-state index in [4.69, 9.17) is 4.74 Å². The molecule has 11 heteroatoms. The molecule has 0 spiro atoms.